The summed E-state index contributed by atoms with van der Waals surface area (Å²) in [6.45, 7) is -0.145. The lowest BCUT2D eigenvalue weighted by Gasteiger charge is -2.36. The van der Waals surface area contributed by atoms with Gasteiger partial charge in [-0.1, -0.05) is 23.2 Å². The van der Waals surface area contributed by atoms with Gasteiger partial charge in [-0.25, -0.2) is 29.3 Å². The molecule has 17 heteroatoms. The van der Waals surface area contributed by atoms with Crippen molar-refractivity contribution in [2.24, 2.45) is 5.92 Å². The molecular formula is C24H24Cl2FN8O5P. The summed E-state index contributed by atoms with van der Waals surface area (Å²) in [5, 5.41) is 20.0. The van der Waals surface area contributed by atoms with Crippen molar-refractivity contribution in [3.63, 3.8) is 0 Å². The quantitative estimate of drug-likeness (QED) is 0.144. The number of hydrogen-bond acceptors (Lipinski definition) is 11. The van der Waals surface area contributed by atoms with Crippen LogP contribution in [0.4, 0.5) is 4.39 Å². The van der Waals surface area contributed by atoms with Crippen LogP contribution in [0.1, 0.15) is 31.5 Å². The van der Waals surface area contributed by atoms with E-state index in [0.717, 1.165) is 12.8 Å². The highest BCUT2D eigenvalue weighted by Crippen LogP contribution is 2.49. The molecule has 4 aromatic rings. The van der Waals surface area contributed by atoms with E-state index in [2.05, 4.69) is 24.9 Å². The number of nitrogens with zero attached hydrogens (tertiary/aromatic N) is 8. The van der Waals surface area contributed by atoms with Crippen LogP contribution in [0.5, 0.6) is 0 Å². The topological polar surface area (TPSA) is 155 Å². The van der Waals surface area contributed by atoms with Crippen LogP contribution >= 0.6 is 31.8 Å². The van der Waals surface area contributed by atoms with Crippen LogP contribution in [0.3, 0.4) is 0 Å². The maximum Gasteiger partial charge on any atom is 0.333 e. The second kappa shape index (κ2) is 12.3. The Kier molecular flexibility index (Phi) is 8.57. The number of nitriles is 1. The minimum atomic E-state index is -2.05. The molecule has 4 aromatic heterocycles. The number of aliphatic hydroxyl groups is 1. The average Bonchev–Trinajstić information content (AvgIpc) is 3.65. The summed E-state index contributed by atoms with van der Waals surface area (Å²) in [5.74, 6) is 0.181. The Balaban J connectivity index is 1.10. The minimum absolute atomic E-state index is 0.0480. The maximum atomic E-state index is 15.8. The van der Waals surface area contributed by atoms with E-state index >= 15 is 4.39 Å². The molecule has 5 heterocycles. The van der Waals surface area contributed by atoms with Gasteiger partial charge in [0.05, 0.1) is 44.0 Å². The van der Waals surface area contributed by atoms with E-state index in [1.807, 2.05) is 10.6 Å². The van der Waals surface area contributed by atoms with E-state index < -0.39 is 39.8 Å². The van der Waals surface area contributed by atoms with Crippen molar-refractivity contribution in [1.29, 1.82) is 5.26 Å². The summed E-state index contributed by atoms with van der Waals surface area (Å²) in [5.41, 5.74) is 1.61. The highest BCUT2D eigenvalue weighted by molar-refractivity contribution is 7.41. The summed E-state index contributed by atoms with van der Waals surface area (Å²) < 4.78 is 42.8. The first-order chi connectivity index (χ1) is 20.0. The van der Waals surface area contributed by atoms with Gasteiger partial charge in [0, 0.05) is 12.2 Å². The smallest absolute Gasteiger partial charge is 0.333 e. The normalized spacial score (nSPS) is 26.8. The van der Waals surface area contributed by atoms with Crippen LogP contribution < -0.4 is 0 Å². The van der Waals surface area contributed by atoms with Crippen molar-refractivity contribution >= 4 is 54.0 Å². The number of hydrogen-bond donors (Lipinski definition) is 1. The van der Waals surface area contributed by atoms with Gasteiger partial charge in [-0.05, 0) is 24.8 Å². The molecule has 0 amide bonds. The van der Waals surface area contributed by atoms with Crippen molar-refractivity contribution in [3.8, 4) is 6.07 Å². The van der Waals surface area contributed by atoms with Crippen molar-refractivity contribution in [2.45, 2.75) is 49.9 Å². The summed E-state index contributed by atoms with van der Waals surface area (Å²) in [4.78, 5) is 20.7. The zero-order chi connectivity index (χ0) is 28.5. The van der Waals surface area contributed by atoms with Crippen LogP contribution in [0, 0.1) is 17.2 Å². The Hall–Kier alpha value is -2.60. The monoisotopic (exact) mass is 624 g/mol. The lowest BCUT2D eigenvalue weighted by atomic mass is 9.81. The fraction of sp³-hybridized carbons (Fsp3) is 0.500. The third-order valence-electron chi connectivity index (χ3n) is 7.13. The Bertz CT molecular complexity index is 1570. The lowest BCUT2D eigenvalue weighted by Crippen LogP contribution is -2.33. The van der Waals surface area contributed by atoms with Crippen LogP contribution in [-0.4, -0.2) is 77.4 Å². The van der Waals surface area contributed by atoms with Gasteiger partial charge < -0.3 is 32.5 Å². The zero-order valence-corrected chi connectivity index (χ0v) is 23.7. The second-order valence-corrected chi connectivity index (χ2v) is 11.5. The predicted molar refractivity (Wildman–Crippen MR) is 144 cm³/mol. The highest BCUT2D eigenvalue weighted by Gasteiger charge is 2.49. The molecule has 1 saturated carbocycles. The standard InChI is InChI=1S/C24H24Cl2FN8O5P/c25-20-15-2-4-34(22(15)31-10-29-20)24-17(27)19(16(8-36)39-24)40-41(37-5-1-3-28)38-9-13-6-14(7-13)35-12-33-18-21(26)30-11-32-23(18)35/h2,4,10-14,16-17,19,24,36H,1,5-9H2/t13?,14?,16?,17?,19-,24?,41?/m1/s1. The van der Waals surface area contributed by atoms with Crippen LogP contribution in [0.2, 0.25) is 10.3 Å². The van der Waals surface area contributed by atoms with E-state index in [-0.39, 0.29) is 30.1 Å². The predicted octanol–water partition coefficient (Wildman–Crippen LogP) is 4.32. The number of rotatable bonds is 11. The van der Waals surface area contributed by atoms with Gasteiger partial charge in [0.25, 0.3) is 0 Å². The van der Waals surface area contributed by atoms with E-state index in [0.29, 0.717) is 34.0 Å². The first-order valence-corrected chi connectivity index (χ1v) is 14.6. The largest absolute Gasteiger partial charge is 0.394 e. The Morgan fingerprint density at radius 3 is 2.66 bits per heavy atom. The van der Waals surface area contributed by atoms with Crippen LogP contribution in [0.15, 0.2) is 31.2 Å². The molecule has 1 saturated heterocycles. The molecule has 1 aliphatic carbocycles. The van der Waals surface area contributed by atoms with E-state index in [9.17, 15) is 5.11 Å². The summed E-state index contributed by atoms with van der Waals surface area (Å²) in [6, 6.07) is 3.83. The Morgan fingerprint density at radius 2 is 1.88 bits per heavy atom. The van der Waals surface area contributed by atoms with E-state index in [1.165, 1.54) is 17.2 Å². The van der Waals surface area contributed by atoms with Crippen molar-refractivity contribution in [1.82, 2.24) is 34.1 Å². The van der Waals surface area contributed by atoms with Gasteiger partial charge in [0.1, 0.15) is 41.2 Å². The minimum Gasteiger partial charge on any atom is -0.394 e. The molecule has 0 bridgehead atoms. The molecule has 13 nitrogen and oxygen atoms in total. The average molecular weight is 625 g/mol. The number of fused-ring (bicyclic) bond motifs is 2. The lowest BCUT2D eigenvalue weighted by molar-refractivity contribution is -0.0453. The highest BCUT2D eigenvalue weighted by atomic mass is 35.5. The Labute approximate surface area is 244 Å². The van der Waals surface area contributed by atoms with Crippen LogP contribution in [0.25, 0.3) is 22.2 Å². The fourth-order valence-electron chi connectivity index (χ4n) is 5.02. The molecule has 0 aromatic carbocycles. The first-order valence-electron chi connectivity index (χ1n) is 12.8. The van der Waals surface area contributed by atoms with Crippen LogP contribution in [-0.2, 0) is 18.3 Å². The van der Waals surface area contributed by atoms with Gasteiger partial charge in [-0.3, -0.25) is 0 Å². The molecule has 2 fully saturated rings. The number of imidazole rings is 1. The van der Waals surface area contributed by atoms with E-state index in [4.69, 9.17) is 46.8 Å². The SMILES string of the molecule is N#CCCOP(OCC1CC(n2cnc3c(Cl)ncnc32)C1)O[C@@H]1C(CO)OC(n2ccc3c(Cl)ncnc32)C1F. The second-order valence-electron chi connectivity index (χ2n) is 9.63. The molecule has 1 N–H and O–H groups in total. The fourth-order valence-corrected chi connectivity index (χ4v) is 6.61. The number of alkyl halides is 1. The van der Waals surface area contributed by atoms with Gasteiger partial charge >= 0.3 is 8.60 Å². The summed E-state index contributed by atoms with van der Waals surface area (Å²) in [7, 11) is -2.05. The van der Waals surface area contributed by atoms with Gasteiger partial charge in [-0.15, -0.1) is 0 Å². The maximum absolute atomic E-state index is 15.8. The first kappa shape index (κ1) is 28.5. The molecular weight excluding hydrogens is 601 g/mol. The van der Waals surface area contributed by atoms with Crippen molar-refractivity contribution in [2.75, 3.05) is 19.8 Å². The van der Waals surface area contributed by atoms with Crippen molar-refractivity contribution < 1.29 is 27.8 Å². The zero-order valence-electron chi connectivity index (χ0n) is 21.3. The molecule has 1 aliphatic heterocycles. The molecule has 41 heavy (non-hydrogen) atoms. The summed E-state index contributed by atoms with van der Waals surface area (Å²) in [6.07, 6.45) is 2.66. The van der Waals surface area contributed by atoms with Gasteiger partial charge in [0.2, 0.25) is 0 Å². The number of aromatic nitrogens is 7. The molecule has 216 valence electrons. The molecule has 4 unspecified atom stereocenters. The third kappa shape index (κ3) is 5.61. The molecule has 0 radical (unpaired) electrons. The van der Waals surface area contributed by atoms with Crippen molar-refractivity contribution in [3.05, 3.63) is 41.6 Å². The summed E-state index contributed by atoms with van der Waals surface area (Å²) >= 11 is 12.3. The van der Waals surface area contributed by atoms with Gasteiger partial charge in [0.15, 0.2) is 23.2 Å². The molecule has 5 atom stereocenters. The third-order valence-corrected chi connectivity index (χ3v) is 8.88. The van der Waals surface area contributed by atoms with Gasteiger partial charge in [-0.2, -0.15) is 5.26 Å². The number of aliphatic hydroxyl groups excluding tert-OH is 1. The van der Waals surface area contributed by atoms with E-state index in [1.54, 1.807) is 18.6 Å². The molecule has 6 rings (SSSR count). The number of ether oxygens (including phenoxy) is 1. The number of halogens is 3. The Morgan fingerprint density at radius 1 is 1.10 bits per heavy atom. The molecule has 2 aliphatic rings. The molecule has 0 spiro atoms.